The van der Waals surface area contributed by atoms with E-state index in [1.807, 2.05) is 5.32 Å². The number of rotatable bonds is 6. The Morgan fingerprint density at radius 3 is 2.16 bits per heavy atom. The van der Waals surface area contributed by atoms with Crippen LogP contribution in [0.5, 0.6) is 5.88 Å². The number of hydrogen-bond acceptors (Lipinski definition) is 5. The van der Waals surface area contributed by atoms with Gasteiger partial charge in [-0.1, -0.05) is 25.3 Å². The quantitative estimate of drug-likeness (QED) is 0.486. The van der Waals surface area contributed by atoms with E-state index >= 15 is 0 Å². The van der Waals surface area contributed by atoms with Gasteiger partial charge in [0.25, 0.3) is 11.5 Å². The number of nitrogens with zero attached hydrogens (tertiary/aromatic N) is 2. The first kappa shape index (κ1) is 27.8. The molecule has 9 nitrogen and oxygen atoms in total. The van der Waals surface area contributed by atoms with Crippen molar-refractivity contribution in [1.29, 1.82) is 0 Å². The first-order valence-electron chi connectivity index (χ1n) is 11.0. The van der Waals surface area contributed by atoms with E-state index in [0.29, 0.717) is 42.4 Å². The largest absolute Gasteiger partial charge is 0.494 e. The Balaban J connectivity index is 2.24. The molecule has 1 aliphatic rings. The smallest absolute Gasteiger partial charge is 0.416 e. The summed E-state index contributed by atoms with van der Waals surface area (Å²) in [5, 5.41) is 21.3. The summed E-state index contributed by atoms with van der Waals surface area (Å²) < 4.78 is 80.9. The minimum atomic E-state index is -5.29. The van der Waals surface area contributed by atoms with Crippen LogP contribution in [0.15, 0.2) is 27.8 Å². The third kappa shape index (κ3) is 5.97. The number of alkyl halides is 6. The number of halogens is 6. The van der Waals surface area contributed by atoms with Gasteiger partial charge < -0.3 is 15.5 Å². The standard InChI is InChI=1S/C22H21F6N3O6/c23-21(24,25)12-7-6-11(14(8-12)22(26,27)28)10-30-18(35)16(17(34)29-9-15(32)33)19(36)31(20(30)37)13-4-2-1-3-5-13/h6-8,13,36H,1-5,9-10H2,(H,29,34)(H,32,33). The van der Waals surface area contributed by atoms with Crippen LogP contribution in [-0.2, 0) is 23.7 Å². The van der Waals surface area contributed by atoms with Crippen molar-refractivity contribution in [2.24, 2.45) is 0 Å². The van der Waals surface area contributed by atoms with Gasteiger partial charge >= 0.3 is 24.0 Å². The Morgan fingerprint density at radius 1 is 1.00 bits per heavy atom. The van der Waals surface area contributed by atoms with E-state index in [1.165, 1.54) is 0 Å². The number of benzene rings is 1. The van der Waals surface area contributed by atoms with Gasteiger partial charge in [-0.2, -0.15) is 26.3 Å². The highest BCUT2D eigenvalue weighted by molar-refractivity contribution is 5.97. The van der Waals surface area contributed by atoms with E-state index in [9.17, 15) is 50.6 Å². The third-order valence-corrected chi connectivity index (χ3v) is 5.99. The van der Waals surface area contributed by atoms with Crippen molar-refractivity contribution in [3.63, 3.8) is 0 Å². The average molecular weight is 537 g/mol. The normalized spacial score (nSPS) is 15.0. The van der Waals surface area contributed by atoms with Gasteiger partial charge in [-0.25, -0.2) is 4.79 Å². The van der Waals surface area contributed by atoms with E-state index in [0.717, 1.165) is 6.42 Å². The molecule has 0 atom stereocenters. The van der Waals surface area contributed by atoms with Crippen LogP contribution in [0.3, 0.4) is 0 Å². The summed E-state index contributed by atoms with van der Waals surface area (Å²) in [6, 6.07) is -0.0508. The molecule has 1 saturated carbocycles. The zero-order chi connectivity index (χ0) is 27.7. The molecular weight excluding hydrogens is 516 g/mol. The Hall–Kier alpha value is -3.78. The molecule has 202 valence electrons. The van der Waals surface area contributed by atoms with E-state index in [1.54, 1.807) is 0 Å². The molecule has 1 fully saturated rings. The van der Waals surface area contributed by atoms with E-state index in [4.69, 9.17) is 5.11 Å². The molecule has 37 heavy (non-hydrogen) atoms. The second-order valence-electron chi connectivity index (χ2n) is 8.48. The topological polar surface area (TPSA) is 131 Å². The number of aliphatic carboxylic acids is 1. The highest BCUT2D eigenvalue weighted by Gasteiger charge is 2.38. The van der Waals surface area contributed by atoms with E-state index in [2.05, 4.69) is 0 Å². The van der Waals surface area contributed by atoms with Gasteiger partial charge in [0, 0.05) is 6.04 Å². The van der Waals surface area contributed by atoms with Crippen LogP contribution in [0.1, 0.15) is 65.2 Å². The Bertz CT molecular complexity index is 1320. The molecule has 1 heterocycles. The van der Waals surface area contributed by atoms with Crippen LogP contribution in [0, 0.1) is 0 Å². The number of carbonyl (C=O) groups excluding carboxylic acids is 1. The van der Waals surface area contributed by atoms with E-state index < -0.39 is 82.7 Å². The molecule has 0 aliphatic heterocycles. The molecule has 15 heteroatoms. The lowest BCUT2D eigenvalue weighted by atomic mass is 9.95. The van der Waals surface area contributed by atoms with Crippen molar-refractivity contribution < 1.29 is 46.1 Å². The monoisotopic (exact) mass is 537 g/mol. The zero-order valence-corrected chi connectivity index (χ0v) is 18.9. The minimum absolute atomic E-state index is 0.152. The summed E-state index contributed by atoms with van der Waals surface area (Å²) in [4.78, 5) is 49.6. The van der Waals surface area contributed by atoms with Gasteiger partial charge in [0.2, 0.25) is 5.88 Å². The number of carboxylic acids is 1. The van der Waals surface area contributed by atoms with Crippen LogP contribution >= 0.6 is 0 Å². The minimum Gasteiger partial charge on any atom is -0.494 e. The second kappa shape index (κ2) is 10.3. The van der Waals surface area contributed by atoms with Gasteiger partial charge in [0.1, 0.15) is 6.54 Å². The number of carbonyl (C=O) groups is 2. The van der Waals surface area contributed by atoms with E-state index in [-0.39, 0.29) is 10.6 Å². The van der Waals surface area contributed by atoms with Crippen molar-refractivity contribution >= 4 is 11.9 Å². The molecule has 3 rings (SSSR count). The van der Waals surface area contributed by atoms with Gasteiger partial charge in [-0.3, -0.25) is 23.5 Å². The number of aromatic nitrogens is 2. The molecule has 0 radical (unpaired) electrons. The van der Waals surface area contributed by atoms with Gasteiger partial charge in [-0.15, -0.1) is 0 Å². The number of aromatic hydroxyl groups is 1. The predicted molar refractivity (Wildman–Crippen MR) is 114 cm³/mol. The Kier molecular flexibility index (Phi) is 7.74. The summed E-state index contributed by atoms with van der Waals surface area (Å²) in [6.07, 6.45) is -7.73. The fourth-order valence-corrected chi connectivity index (χ4v) is 4.23. The fourth-order valence-electron chi connectivity index (χ4n) is 4.23. The molecule has 0 saturated heterocycles. The summed E-state index contributed by atoms with van der Waals surface area (Å²) in [5.74, 6) is -3.98. The van der Waals surface area contributed by atoms with Crippen molar-refractivity contribution in [2.45, 2.75) is 57.0 Å². The van der Waals surface area contributed by atoms with Crippen molar-refractivity contribution in [3.05, 3.63) is 61.3 Å². The highest BCUT2D eigenvalue weighted by atomic mass is 19.4. The summed E-state index contributed by atoms with van der Waals surface area (Å²) in [7, 11) is 0. The van der Waals surface area contributed by atoms with Crippen LogP contribution in [0.25, 0.3) is 0 Å². The molecule has 2 aromatic rings. The van der Waals surface area contributed by atoms with Crippen molar-refractivity contribution in [2.75, 3.05) is 6.54 Å². The van der Waals surface area contributed by atoms with Crippen molar-refractivity contribution in [3.8, 4) is 5.88 Å². The van der Waals surface area contributed by atoms with Crippen LogP contribution in [0.2, 0.25) is 0 Å². The molecule has 1 aromatic heterocycles. The predicted octanol–water partition coefficient (Wildman–Crippen LogP) is 3.12. The van der Waals surface area contributed by atoms with Crippen LogP contribution in [0.4, 0.5) is 26.3 Å². The third-order valence-electron chi connectivity index (χ3n) is 5.99. The number of nitrogens with one attached hydrogen (secondary N) is 1. The zero-order valence-electron chi connectivity index (χ0n) is 18.9. The maximum Gasteiger partial charge on any atom is 0.416 e. The molecule has 0 spiro atoms. The molecule has 1 aromatic carbocycles. The lowest BCUT2D eigenvalue weighted by Crippen LogP contribution is -2.46. The first-order valence-corrected chi connectivity index (χ1v) is 11.0. The van der Waals surface area contributed by atoms with Gasteiger partial charge in [0.05, 0.1) is 17.7 Å². The van der Waals surface area contributed by atoms with Gasteiger partial charge in [0.15, 0.2) is 5.56 Å². The maximum absolute atomic E-state index is 13.6. The van der Waals surface area contributed by atoms with Gasteiger partial charge in [-0.05, 0) is 30.5 Å². The van der Waals surface area contributed by atoms with Crippen LogP contribution in [-0.4, -0.2) is 37.8 Å². The lowest BCUT2D eigenvalue weighted by molar-refractivity contribution is -0.143. The average Bonchev–Trinajstić information content (AvgIpc) is 2.80. The number of hydrogen-bond donors (Lipinski definition) is 3. The molecular formula is C22H21F6N3O6. The Morgan fingerprint density at radius 2 is 1.62 bits per heavy atom. The first-order chi connectivity index (χ1) is 17.1. The number of amides is 1. The molecule has 1 amide bonds. The summed E-state index contributed by atoms with van der Waals surface area (Å²) in [6.45, 7) is -2.14. The van der Waals surface area contributed by atoms with Crippen LogP contribution < -0.4 is 16.6 Å². The molecule has 3 N–H and O–H groups in total. The SMILES string of the molecule is O=C(O)CNC(=O)c1c(O)n(C2CCCCC2)c(=O)n(Cc2ccc(C(F)(F)F)cc2C(F)(F)F)c1=O. The molecule has 0 unspecified atom stereocenters. The molecule has 1 aliphatic carbocycles. The number of carboxylic acid groups (broad SMARTS) is 1. The maximum atomic E-state index is 13.6. The second-order valence-corrected chi connectivity index (χ2v) is 8.48. The highest BCUT2D eigenvalue weighted by Crippen LogP contribution is 2.37. The summed E-state index contributed by atoms with van der Waals surface area (Å²) in [5.41, 5.74) is -8.09. The fraction of sp³-hybridized carbons (Fsp3) is 0.455. The molecule has 0 bridgehead atoms. The summed E-state index contributed by atoms with van der Waals surface area (Å²) >= 11 is 0. The van der Waals surface area contributed by atoms with Crippen molar-refractivity contribution in [1.82, 2.24) is 14.5 Å². The Labute approximate surface area is 203 Å². The lowest BCUT2D eigenvalue weighted by Gasteiger charge is -2.26.